The molecule has 16 heavy (non-hydrogen) atoms. The summed E-state index contributed by atoms with van der Waals surface area (Å²) in [6.45, 7) is 5.34. The third kappa shape index (κ3) is 2.85. The van der Waals surface area contributed by atoms with Crippen molar-refractivity contribution in [3.05, 3.63) is 17.5 Å². The molecule has 3 nitrogen and oxygen atoms in total. The Hall–Kier alpha value is -0.830. The molecule has 0 spiro atoms. The monoisotopic (exact) mass is 222 g/mol. The zero-order valence-corrected chi connectivity index (χ0v) is 10.3. The molecule has 1 heterocycles. The lowest BCUT2D eigenvalue weighted by molar-refractivity contribution is 0.330. The predicted octanol–water partition coefficient (Wildman–Crippen LogP) is 2.69. The van der Waals surface area contributed by atoms with Crippen LogP contribution in [0.4, 0.5) is 0 Å². The van der Waals surface area contributed by atoms with Gasteiger partial charge >= 0.3 is 0 Å². The fourth-order valence-electron chi connectivity index (χ4n) is 2.65. The fourth-order valence-corrected chi connectivity index (χ4v) is 2.65. The van der Waals surface area contributed by atoms with Crippen molar-refractivity contribution >= 4 is 0 Å². The molecule has 0 amide bonds. The van der Waals surface area contributed by atoms with Gasteiger partial charge in [0.15, 0.2) is 0 Å². The van der Waals surface area contributed by atoms with Crippen LogP contribution in [0, 0.1) is 12.8 Å². The van der Waals surface area contributed by atoms with Gasteiger partial charge in [-0.15, -0.1) is 0 Å². The normalized spacial score (nSPS) is 25.1. The lowest BCUT2D eigenvalue weighted by Gasteiger charge is -2.19. The second-order valence-electron chi connectivity index (χ2n) is 4.89. The van der Waals surface area contributed by atoms with Gasteiger partial charge < -0.3 is 9.84 Å². The first-order valence-electron chi connectivity index (χ1n) is 6.45. The van der Waals surface area contributed by atoms with E-state index in [1.807, 2.05) is 6.92 Å². The maximum Gasteiger partial charge on any atom is 0.137 e. The van der Waals surface area contributed by atoms with Crippen LogP contribution in [0.5, 0.6) is 0 Å². The molecule has 1 aliphatic rings. The van der Waals surface area contributed by atoms with Crippen molar-refractivity contribution in [3.63, 3.8) is 0 Å². The van der Waals surface area contributed by atoms with Crippen molar-refractivity contribution in [2.45, 2.75) is 52.0 Å². The average molecular weight is 222 g/mol. The molecule has 1 N–H and O–H groups in total. The van der Waals surface area contributed by atoms with E-state index in [9.17, 15) is 0 Å². The quantitative estimate of drug-likeness (QED) is 0.832. The smallest absolute Gasteiger partial charge is 0.137 e. The van der Waals surface area contributed by atoms with Gasteiger partial charge in [-0.25, -0.2) is 0 Å². The van der Waals surface area contributed by atoms with Gasteiger partial charge in [-0.05, 0) is 38.6 Å². The van der Waals surface area contributed by atoms with Crippen LogP contribution in [0.15, 0.2) is 10.6 Å². The number of aromatic nitrogens is 1. The summed E-state index contributed by atoms with van der Waals surface area (Å²) in [7, 11) is 0. The summed E-state index contributed by atoms with van der Waals surface area (Å²) < 4.78 is 5.30. The van der Waals surface area contributed by atoms with E-state index in [0.29, 0.717) is 6.04 Å². The van der Waals surface area contributed by atoms with E-state index in [-0.39, 0.29) is 0 Å². The van der Waals surface area contributed by atoms with Crippen molar-refractivity contribution in [2.24, 2.45) is 5.92 Å². The first-order chi connectivity index (χ1) is 7.79. The van der Waals surface area contributed by atoms with Crippen molar-refractivity contribution in [2.75, 3.05) is 6.54 Å². The SMILES string of the molecule is CCCN[C@@H]1CCC[C@H]1Cc1cc(C)no1. The molecule has 2 atom stereocenters. The standard InChI is InChI=1S/C13H22N2O/c1-3-7-14-13-6-4-5-11(13)9-12-8-10(2)15-16-12/h8,11,13-14H,3-7,9H2,1-2H3/t11-,13+/m0/s1. The molecule has 0 saturated heterocycles. The third-order valence-electron chi connectivity index (χ3n) is 3.46. The molecule has 2 rings (SSSR count). The summed E-state index contributed by atoms with van der Waals surface area (Å²) in [5.74, 6) is 1.78. The second-order valence-corrected chi connectivity index (χ2v) is 4.89. The predicted molar refractivity (Wildman–Crippen MR) is 64.4 cm³/mol. The first kappa shape index (κ1) is 11.6. The highest BCUT2D eigenvalue weighted by Crippen LogP contribution is 2.29. The molecule has 1 aliphatic carbocycles. The van der Waals surface area contributed by atoms with Gasteiger partial charge in [0.1, 0.15) is 5.76 Å². The summed E-state index contributed by atoms with van der Waals surface area (Å²) in [5, 5.41) is 7.60. The topological polar surface area (TPSA) is 38.1 Å². The van der Waals surface area contributed by atoms with Gasteiger partial charge in [-0.2, -0.15) is 0 Å². The maximum atomic E-state index is 5.30. The summed E-state index contributed by atoms with van der Waals surface area (Å²) in [6, 6.07) is 2.75. The Labute approximate surface area is 97.6 Å². The van der Waals surface area contributed by atoms with Gasteiger partial charge in [-0.3, -0.25) is 0 Å². The molecular formula is C13H22N2O. The molecule has 1 aromatic heterocycles. The van der Waals surface area contributed by atoms with Crippen molar-refractivity contribution in [1.29, 1.82) is 0 Å². The highest BCUT2D eigenvalue weighted by atomic mass is 16.5. The van der Waals surface area contributed by atoms with Crippen molar-refractivity contribution in [3.8, 4) is 0 Å². The van der Waals surface area contributed by atoms with E-state index in [1.54, 1.807) is 0 Å². The summed E-state index contributed by atoms with van der Waals surface area (Å²) in [5.41, 5.74) is 0.992. The Morgan fingerprint density at radius 1 is 1.50 bits per heavy atom. The first-order valence-corrected chi connectivity index (χ1v) is 6.45. The molecule has 0 unspecified atom stereocenters. The number of aryl methyl sites for hydroxylation is 1. The lowest BCUT2D eigenvalue weighted by Crippen LogP contribution is -2.33. The minimum atomic E-state index is 0.686. The molecule has 0 bridgehead atoms. The zero-order valence-electron chi connectivity index (χ0n) is 10.3. The summed E-state index contributed by atoms with van der Waals surface area (Å²) >= 11 is 0. The van der Waals surface area contributed by atoms with Gasteiger partial charge in [0.2, 0.25) is 0 Å². The van der Waals surface area contributed by atoms with Gasteiger partial charge in [0, 0.05) is 18.5 Å². The molecule has 90 valence electrons. The van der Waals surface area contributed by atoms with Crippen LogP contribution >= 0.6 is 0 Å². The van der Waals surface area contributed by atoms with Gasteiger partial charge in [0.05, 0.1) is 5.69 Å². The molecule has 1 saturated carbocycles. The molecule has 0 radical (unpaired) electrons. The average Bonchev–Trinajstić information content (AvgIpc) is 2.86. The highest BCUT2D eigenvalue weighted by Gasteiger charge is 2.27. The minimum absolute atomic E-state index is 0.686. The third-order valence-corrected chi connectivity index (χ3v) is 3.46. The number of hydrogen-bond acceptors (Lipinski definition) is 3. The van der Waals surface area contributed by atoms with E-state index in [1.165, 1.54) is 25.7 Å². The lowest BCUT2D eigenvalue weighted by atomic mass is 9.98. The van der Waals surface area contributed by atoms with Crippen molar-refractivity contribution < 1.29 is 4.52 Å². The number of rotatable bonds is 5. The second kappa shape index (κ2) is 5.48. The Morgan fingerprint density at radius 2 is 2.38 bits per heavy atom. The number of nitrogens with one attached hydrogen (secondary N) is 1. The van der Waals surface area contributed by atoms with Crippen LogP contribution in [-0.4, -0.2) is 17.7 Å². The highest BCUT2D eigenvalue weighted by molar-refractivity contribution is 5.05. The number of hydrogen-bond donors (Lipinski definition) is 1. The number of nitrogens with zero attached hydrogens (tertiary/aromatic N) is 1. The molecule has 0 aromatic carbocycles. The molecule has 0 aliphatic heterocycles. The van der Waals surface area contributed by atoms with Crippen LogP contribution < -0.4 is 5.32 Å². The Kier molecular flexibility index (Phi) is 3.99. The minimum Gasteiger partial charge on any atom is -0.361 e. The Balaban J connectivity index is 1.88. The largest absolute Gasteiger partial charge is 0.361 e. The summed E-state index contributed by atoms with van der Waals surface area (Å²) in [6.07, 6.45) is 6.24. The Bertz CT molecular complexity index is 321. The fraction of sp³-hybridized carbons (Fsp3) is 0.769. The van der Waals surface area contributed by atoms with E-state index in [2.05, 4.69) is 23.5 Å². The van der Waals surface area contributed by atoms with Crippen LogP contribution in [0.3, 0.4) is 0 Å². The van der Waals surface area contributed by atoms with Crippen LogP contribution in [-0.2, 0) is 6.42 Å². The van der Waals surface area contributed by atoms with Crippen molar-refractivity contribution in [1.82, 2.24) is 10.5 Å². The van der Waals surface area contributed by atoms with Gasteiger partial charge in [0.25, 0.3) is 0 Å². The zero-order chi connectivity index (χ0) is 11.4. The molecular weight excluding hydrogens is 200 g/mol. The van der Waals surface area contributed by atoms with E-state index >= 15 is 0 Å². The maximum absolute atomic E-state index is 5.30. The van der Waals surface area contributed by atoms with Crippen LogP contribution in [0.1, 0.15) is 44.1 Å². The molecule has 1 fully saturated rings. The molecule has 3 heteroatoms. The summed E-state index contributed by atoms with van der Waals surface area (Å²) in [4.78, 5) is 0. The van der Waals surface area contributed by atoms with E-state index in [4.69, 9.17) is 4.52 Å². The van der Waals surface area contributed by atoms with E-state index < -0.39 is 0 Å². The van der Waals surface area contributed by atoms with Crippen LogP contribution in [0.2, 0.25) is 0 Å². The van der Waals surface area contributed by atoms with Crippen LogP contribution in [0.25, 0.3) is 0 Å². The van der Waals surface area contributed by atoms with Gasteiger partial charge in [-0.1, -0.05) is 18.5 Å². The Morgan fingerprint density at radius 3 is 3.06 bits per heavy atom. The molecule has 1 aromatic rings. The van der Waals surface area contributed by atoms with E-state index in [0.717, 1.165) is 30.3 Å².